The predicted octanol–water partition coefficient (Wildman–Crippen LogP) is 3.02. The third-order valence-electron chi connectivity index (χ3n) is 3.36. The molecule has 0 saturated heterocycles. The van der Waals surface area contributed by atoms with E-state index >= 15 is 0 Å². The molecule has 0 aliphatic rings. The molecule has 0 spiro atoms. The van der Waals surface area contributed by atoms with Crippen molar-refractivity contribution in [3.63, 3.8) is 0 Å². The van der Waals surface area contributed by atoms with E-state index in [1.54, 1.807) is 12.1 Å². The van der Waals surface area contributed by atoms with Crippen molar-refractivity contribution in [1.82, 2.24) is 5.32 Å². The first-order valence-electron chi connectivity index (χ1n) is 6.90. The molecule has 0 saturated carbocycles. The van der Waals surface area contributed by atoms with Gasteiger partial charge in [0, 0.05) is 11.7 Å². The Labute approximate surface area is 119 Å². The molecule has 0 aromatic heterocycles. The standard InChI is InChI=1S/C17H20N2O/c1-2-14(12-13-8-4-3-5-9-13)19-17(20)15-10-6-7-11-16(15)18/h3-11,14H,2,12,18H2,1H3,(H,19,20). The number of carbonyl (C=O) groups is 1. The van der Waals surface area contributed by atoms with E-state index in [1.165, 1.54) is 5.56 Å². The van der Waals surface area contributed by atoms with Crippen LogP contribution >= 0.6 is 0 Å². The third kappa shape index (κ3) is 3.60. The van der Waals surface area contributed by atoms with Gasteiger partial charge in [0.25, 0.3) is 5.91 Å². The Balaban J connectivity index is 2.03. The topological polar surface area (TPSA) is 55.1 Å². The molecule has 104 valence electrons. The highest BCUT2D eigenvalue weighted by Gasteiger charge is 2.14. The summed E-state index contributed by atoms with van der Waals surface area (Å²) in [6.45, 7) is 2.07. The van der Waals surface area contributed by atoms with Crippen molar-refractivity contribution in [1.29, 1.82) is 0 Å². The summed E-state index contributed by atoms with van der Waals surface area (Å²) in [7, 11) is 0. The molecule has 0 aliphatic heterocycles. The first kappa shape index (κ1) is 14.1. The SMILES string of the molecule is CCC(Cc1ccccc1)NC(=O)c1ccccc1N. The Hall–Kier alpha value is -2.29. The number of nitrogen functional groups attached to an aromatic ring is 1. The highest BCUT2D eigenvalue weighted by molar-refractivity contribution is 5.99. The van der Waals surface area contributed by atoms with Crippen molar-refractivity contribution in [2.24, 2.45) is 0 Å². The number of hydrogen-bond acceptors (Lipinski definition) is 2. The van der Waals surface area contributed by atoms with Crippen LogP contribution in [0, 0.1) is 0 Å². The fraction of sp³-hybridized carbons (Fsp3) is 0.235. The lowest BCUT2D eigenvalue weighted by Gasteiger charge is -2.17. The predicted molar refractivity (Wildman–Crippen MR) is 82.5 cm³/mol. The maximum Gasteiger partial charge on any atom is 0.253 e. The lowest BCUT2D eigenvalue weighted by molar-refractivity contribution is 0.0936. The van der Waals surface area contributed by atoms with E-state index < -0.39 is 0 Å². The summed E-state index contributed by atoms with van der Waals surface area (Å²) in [6, 6.07) is 17.4. The number of anilines is 1. The van der Waals surface area contributed by atoms with Gasteiger partial charge in [-0.05, 0) is 30.5 Å². The second-order valence-corrected chi connectivity index (χ2v) is 4.86. The summed E-state index contributed by atoms with van der Waals surface area (Å²) in [5.74, 6) is -0.106. The van der Waals surface area contributed by atoms with Crippen LogP contribution in [-0.2, 0) is 6.42 Å². The normalized spacial score (nSPS) is 11.8. The molecule has 3 nitrogen and oxygen atoms in total. The molecule has 2 aromatic carbocycles. The van der Waals surface area contributed by atoms with E-state index in [1.807, 2.05) is 30.3 Å². The zero-order valence-electron chi connectivity index (χ0n) is 11.7. The Morgan fingerprint density at radius 1 is 1.10 bits per heavy atom. The largest absolute Gasteiger partial charge is 0.398 e. The highest BCUT2D eigenvalue weighted by atomic mass is 16.1. The Kier molecular flexibility index (Phi) is 4.77. The van der Waals surface area contributed by atoms with Crippen molar-refractivity contribution in [3.05, 3.63) is 65.7 Å². The molecule has 20 heavy (non-hydrogen) atoms. The zero-order valence-corrected chi connectivity index (χ0v) is 11.7. The molecule has 3 N–H and O–H groups in total. The molecular formula is C17H20N2O. The molecule has 1 unspecified atom stereocenters. The minimum atomic E-state index is -0.106. The average Bonchev–Trinajstić information content (AvgIpc) is 2.48. The minimum Gasteiger partial charge on any atom is -0.398 e. The summed E-state index contributed by atoms with van der Waals surface area (Å²) in [6.07, 6.45) is 1.71. The van der Waals surface area contributed by atoms with Gasteiger partial charge in [-0.15, -0.1) is 0 Å². The number of para-hydroxylation sites is 1. The smallest absolute Gasteiger partial charge is 0.253 e. The number of rotatable bonds is 5. The summed E-state index contributed by atoms with van der Waals surface area (Å²) in [5, 5.41) is 3.05. The van der Waals surface area contributed by atoms with Gasteiger partial charge in [0.05, 0.1) is 5.56 Å². The van der Waals surface area contributed by atoms with Crippen LogP contribution in [0.25, 0.3) is 0 Å². The Morgan fingerprint density at radius 2 is 1.75 bits per heavy atom. The first-order valence-corrected chi connectivity index (χ1v) is 6.90. The van der Waals surface area contributed by atoms with Crippen molar-refractivity contribution < 1.29 is 4.79 Å². The van der Waals surface area contributed by atoms with E-state index in [0.717, 1.165) is 12.8 Å². The Morgan fingerprint density at radius 3 is 2.40 bits per heavy atom. The van der Waals surface area contributed by atoms with Gasteiger partial charge in [-0.1, -0.05) is 49.4 Å². The van der Waals surface area contributed by atoms with Gasteiger partial charge in [-0.3, -0.25) is 4.79 Å². The second kappa shape index (κ2) is 6.75. The monoisotopic (exact) mass is 268 g/mol. The van der Waals surface area contributed by atoms with Gasteiger partial charge < -0.3 is 11.1 Å². The fourth-order valence-electron chi connectivity index (χ4n) is 2.16. The second-order valence-electron chi connectivity index (χ2n) is 4.86. The highest BCUT2D eigenvalue weighted by Crippen LogP contribution is 2.12. The number of carbonyl (C=O) groups excluding carboxylic acids is 1. The fourth-order valence-corrected chi connectivity index (χ4v) is 2.16. The van der Waals surface area contributed by atoms with Crippen LogP contribution in [0.4, 0.5) is 5.69 Å². The van der Waals surface area contributed by atoms with Gasteiger partial charge >= 0.3 is 0 Å². The maximum atomic E-state index is 12.2. The lowest BCUT2D eigenvalue weighted by atomic mass is 10.0. The van der Waals surface area contributed by atoms with Crippen LogP contribution in [0.15, 0.2) is 54.6 Å². The number of hydrogen-bond donors (Lipinski definition) is 2. The van der Waals surface area contributed by atoms with Gasteiger partial charge in [0.2, 0.25) is 0 Å². The molecular weight excluding hydrogens is 248 g/mol. The van der Waals surface area contributed by atoms with Crippen molar-refractivity contribution in [3.8, 4) is 0 Å². The first-order chi connectivity index (χ1) is 9.70. The van der Waals surface area contributed by atoms with Crippen molar-refractivity contribution >= 4 is 11.6 Å². The summed E-state index contributed by atoms with van der Waals surface area (Å²) >= 11 is 0. The molecule has 1 atom stereocenters. The molecule has 0 bridgehead atoms. The number of nitrogens with two attached hydrogens (primary N) is 1. The third-order valence-corrected chi connectivity index (χ3v) is 3.36. The molecule has 2 aromatic rings. The van der Waals surface area contributed by atoms with Crippen LogP contribution in [-0.4, -0.2) is 11.9 Å². The molecule has 0 radical (unpaired) electrons. The van der Waals surface area contributed by atoms with E-state index in [-0.39, 0.29) is 11.9 Å². The van der Waals surface area contributed by atoms with E-state index in [2.05, 4.69) is 24.4 Å². The van der Waals surface area contributed by atoms with Gasteiger partial charge in [0.15, 0.2) is 0 Å². The van der Waals surface area contributed by atoms with Crippen molar-refractivity contribution in [2.75, 3.05) is 5.73 Å². The van der Waals surface area contributed by atoms with Gasteiger partial charge in [0.1, 0.15) is 0 Å². The van der Waals surface area contributed by atoms with E-state index in [9.17, 15) is 4.79 Å². The quantitative estimate of drug-likeness (QED) is 0.819. The maximum absolute atomic E-state index is 12.2. The zero-order chi connectivity index (χ0) is 14.4. The van der Waals surface area contributed by atoms with Crippen LogP contribution in [0.5, 0.6) is 0 Å². The summed E-state index contributed by atoms with van der Waals surface area (Å²) < 4.78 is 0. The van der Waals surface area contributed by atoms with E-state index in [0.29, 0.717) is 11.3 Å². The lowest BCUT2D eigenvalue weighted by Crippen LogP contribution is -2.36. The van der Waals surface area contributed by atoms with Crippen LogP contribution in [0.2, 0.25) is 0 Å². The molecule has 0 fully saturated rings. The minimum absolute atomic E-state index is 0.106. The average molecular weight is 268 g/mol. The number of nitrogens with one attached hydrogen (secondary N) is 1. The van der Waals surface area contributed by atoms with Crippen molar-refractivity contribution in [2.45, 2.75) is 25.8 Å². The molecule has 1 amide bonds. The van der Waals surface area contributed by atoms with Crippen LogP contribution in [0.1, 0.15) is 29.3 Å². The van der Waals surface area contributed by atoms with Gasteiger partial charge in [-0.2, -0.15) is 0 Å². The number of amides is 1. The van der Waals surface area contributed by atoms with E-state index in [4.69, 9.17) is 5.73 Å². The molecule has 3 heteroatoms. The molecule has 0 aliphatic carbocycles. The van der Waals surface area contributed by atoms with Gasteiger partial charge in [-0.25, -0.2) is 0 Å². The van der Waals surface area contributed by atoms with Crippen LogP contribution in [0.3, 0.4) is 0 Å². The molecule has 2 rings (SSSR count). The number of benzene rings is 2. The summed E-state index contributed by atoms with van der Waals surface area (Å²) in [4.78, 5) is 12.2. The summed E-state index contributed by atoms with van der Waals surface area (Å²) in [5.41, 5.74) is 8.11. The molecule has 0 heterocycles. The van der Waals surface area contributed by atoms with Crippen LogP contribution < -0.4 is 11.1 Å². The Bertz CT molecular complexity index is 566.